The molecular formula is C25H24ClF3N4O2. The normalized spacial score (nSPS) is 16.3. The van der Waals surface area contributed by atoms with Gasteiger partial charge in [-0.25, -0.2) is 0 Å². The lowest BCUT2D eigenvalue weighted by Crippen LogP contribution is -2.24. The Hall–Kier alpha value is -3.14. The summed E-state index contributed by atoms with van der Waals surface area (Å²) in [6.45, 7) is 1.85. The van der Waals surface area contributed by atoms with Crippen LogP contribution in [0, 0.1) is 0 Å². The van der Waals surface area contributed by atoms with Crippen LogP contribution in [0.25, 0.3) is 0 Å². The summed E-state index contributed by atoms with van der Waals surface area (Å²) >= 11 is 5.61. The summed E-state index contributed by atoms with van der Waals surface area (Å²) in [5.74, 6) is 0.921. The quantitative estimate of drug-likeness (QED) is 0.435. The number of hydrogen-bond donors (Lipinski definition) is 2. The van der Waals surface area contributed by atoms with Gasteiger partial charge >= 0.3 is 6.18 Å². The predicted octanol–water partition coefficient (Wildman–Crippen LogP) is 5.65. The standard InChI is InChI=1S/C25H24ClF3N4O2/c1-33-13-12-31-24(33)22-15-19(10-11-30-22)35-18-6-2-16(3-7-18)4-9-23(34)32-17-5-8-21(26)20(14-17)25(27,28)29/h2-3,5-8,10-11,14-15,24,31H,4,9,12-13H2,1H3,(H,32,34). The van der Waals surface area contributed by atoms with Gasteiger partial charge in [-0.15, -0.1) is 0 Å². The first-order chi connectivity index (χ1) is 16.7. The molecule has 1 aliphatic heterocycles. The van der Waals surface area contributed by atoms with Crippen LogP contribution in [0.15, 0.2) is 60.8 Å². The van der Waals surface area contributed by atoms with Gasteiger partial charge in [-0.1, -0.05) is 23.7 Å². The average molecular weight is 505 g/mol. The molecule has 1 atom stereocenters. The Morgan fingerprint density at radius 1 is 1.17 bits per heavy atom. The average Bonchev–Trinajstić information content (AvgIpc) is 3.25. The van der Waals surface area contributed by atoms with Crippen LogP contribution in [-0.2, 0) is 17.4 Å². The van der Waals surface area contributed by atoms with E-state index in [1.54, 1.807) is 12.3 Å². The number of benzene rings is 2. The Kier molecular flexibility index (Phi) is 7.59. The Bertz CT molecular complexity index is 1190. The first-order valence-electron chi connectivity index (χ1n) is 11.0. The van der Waals surface area contributed by atoms with E-state index < -0.39 is 22.7 Å². The maximum atomic E-state index is 13.0. The molecule has 0 spiro atoms. The van der Waals surface area contributed by atoms with Gasteiger partial charge in [0.25, 0.3) is 0 Å². The number of amides is 1. The SMILES string of the molecule is CN1CCNC1c1cc(Oc2ccc(CCC(=O)Nc3ccc(Cl)c(C(F)(F)F)c3)cc2)ccn1. The molecule has 6 nitrogen and oxygen atoms in total. The molecule has 2 heterocycles. The van der Waals surface area contributed by atoms with E-state index in [-0.39, 0.29) is 18.3 Å². The Labute approximate surface area is 206 Å². The molecule has 0 bridgehead atoms. The molecule has 0 saturated carbocycles. The number of likely N-dealkylation sites (N-methyl/N-ethyl adjacent to an activating group) is 1. The van der Waals surface area contributed by atoms with E-state index in [2.05, 4.69) is 20.5 Å². The lowest BCUT2D eigenvalue weighted by molar-refractivity contribution is -0.137. The van der Waals surface area contributed by atoms with Gasteiger partial charge in [-0.2, -0.15) is 13.2 Å². The highest BCUT2D eigenvalue weighted by atomic mass is 35.5. The van der Waals surface area contributed by atoms with Gasteiger partial charge in [0.15, 0.2) is 0 Å². The third kappa shape index (κ3) is 6.50. The number of aromatic nitrogens is 1. The fraction of sp³-hybridized carbons (Fsp3) is 0.280. The molecule has 0 radical (unpaired) electrons. The van der Waals surface area contributed by atoms with Crippen molar-refractivity contribution in [2.75, 3.05) is 25.5 Å². The highest BCUT2D eigenvalue weighted by Gasteiger charge is 2.33. The van der Waals surface area contributed by atoms with Crippen molar-refractivity contribution in [3.8, 4) is 11.5 Å². The second-order valence-corrected chi connectivity index (χ2v) is 8.65. The number of nitrogens with zero attached hydrogens (tertiary/aromatic N) is 2. The maximum absolute atomic E-state index is 13.0. The van der Waals surface area contributed by atoms with E-state index in [1.165, 1.54) is 6.07 Å². The Morgan fingerprint density at radius 2 is 1.94 bits per heavy atom. The Morgan fingerprint density at radius 3 is 2.63 bits per heavy atom. The zero-order valence-corrected chi connectivity index (χ0v) is 19.7. The molecule has 1 aromatic heterocycles. The third-order valence-electron chi connectivity index (χ3n) is 5.63. The highest BCUT2D eigenvalue weighted by molar-refractivity contribution is 6.31. The summed E-state index contributed by atoms with van der Waals surface area (Å²) < 4.78 is 44.9. The monoisotopic (exact) mass is 504 g/mol. The van der Waals surface area contributed by atoms with E-state index >= 15 is 0 Å². The van der Waals surface area contributed by atoms with Crippen LogP contribution in [-0.4, -0.2) is 35.9 Å². The summed E-state index contributed by atoms with van der Waals surface area (Å²) in [4.78, 5) is 18.9. The molecule has 1 amide bonds. The summed E-state index contributed by atoms with van der Waals surface area (Å²) in [7, 11) is 2.04. The topological polar surface area (TPSA) is 66.5 Å². The number of nitrogens with one attached hydrogen (secondary N) is 2. The van der Waals surface area contributed by atoms with Crippen LogP contribution in [0.3, 0.4) is 0 Å². The van der Waals surface area contributed by atoms with Gasteiger partial charge in [-0.3, -0.25) is 20.0 Å². The van der Waals surface area contributed by atoms with Crippen molar-refractivity contribution in [2.45, 2.75) is 25.2 Å². The van der Waals surface area contributed by atoms with Crippen molar-refractivity contribution in [1.29, 1.82) is 0 Å². The van der Waals surface area contributed by atoms with Crippen molar-refractivity contribution in [2.24, 2.45) is 0 Å². The van der Waals surface area contributed by atoms with E-state index in [0.29, 0.717) is 17.9 Å². The smallest absolute Gasteiger partial charge is 0.417 e. The zero-order valence-electron chi connectivity index (χ0n) is 18.9. The van der Waals surface area contributed by atoms with Gasteiger partial charge in [0.05, 0.1) is 16.3 Å². The van der Waals surface area contributed by atoms with Gasteiger partial charge < -0.3 is 10.1 Å². The van der Waals surface area contributed by atoms with Crippen molar-refractivity contribution in [3.63, 3.8) is 0 Å². The number of pyridine rings is 1. The second kappa shape index (κ2) is 10.6. The van der Waals surface area contributed by atoms with Gasteiger partial charge in [-0.05, 0) is 55.4 Å². The fourth-order valence-electron chi connectivity index (χ4n) is 3.80. The molecule has 184 valence electrons. The minimum atomic E-state index is -4.59. The molecule has 35 heavy (non-hydrogen) atoms. The van der Waals surface area contributed by atoms with Crippen LogP contribution < -0.4 is 15.4 Å². The first-order valence-corrected chi connectivity index (χ1v) is 11.4. The molecular weight excluding hydrogens is 481 g/mol. The maximum Gasteiger partial charge on any atom is 0.417 e. The number of ether oxygens (including phenoxy) is 1. The van der Waals surface area contributed by atoms with Crippen LogP contribution in [0.4, 0.5) is 18.9 Å². The highest BCUT2D eigenvalue weighted by Crippen LogP contribution is 2.36. The molecule has 1 saturated heterocycles. The molecule has 10 heteroatoms. The molecule has 2 N–H and O–H groups in total. The summed E-state index contributed by atoms with van der Waals surface area (Å²) in [5.41, 5.74) is 0.839. The molecule has 0 aliphatic carbocycles. The van der Waals surface area contributed by atoms with Gasteiger partial charge in [0.1, 0.15) is 17.7 Å². The lowest BCUT2D eigenvalue weighted by Gasteiger charge is -2.19. The Balaban J connectivity index is 1.31. The predicted molar refractivity (Wildman–Crippen MR) is 128 cm³/mol. The van der Waals surface area contributed by atoms with Crippen molar-refractivity contribution >= 4 is 23.2 Å². The van der Waals surface area contributed by atoms with Crippen LogP contribution in [0.5, 0.6) is 11.5 Å². The van der Waals surface area contributed by atoms with Gasteiger partial charge in [0, 0.05) is 37.5 Å². The van der Waals surface area contributed by atoms with E-state index in [1.807, 2.05) is 37.4 Å². The summed E-state index contributed by atoms with van der Waals surface area (Å²) in [6.07, 6.45) is -2.29. The minimum absolute atomic E-state index is 0.0474. The molecule has 1 aliphatic rings. The number of aryl methyl sites for hydroxylation is 1. The number of carbonyl (C=O) groups excluding carboxylic acids is 1. The minimum Gasteiger partial charge on any atom is -0.457 e. The first kappa shape index (κ1) is 25.0. The number of rotatable bonds is 7. The van der Waals surface area contributed by atoms with Gasteiger partial charge in [0.2, 0.25) is 5.91 Å². The van der Waals surface area contributed by atoms with E-state index in [9.17, 15) is 18.0 Å². The molecule has 3 aromatic rings. The third-order valence-corrected chi connectivity index (χ3v) is 5.96. The van der Waals surface area contributed by atoms with Crippen LogP contribution in [0.2, 0.25) is 5.02 Å². The number of alkyl halides is 3. The fourth-order valence-corrected chi connectivity index (χ4v) is 4.02. The van der Waals surface area contributed by atoms with E-state index in [0.717, 1.165) is 36.5 Å². The molecule has 1 unspecified atom stereocenters. The molecule has 2 aromatic carbocycles. The van der Waals surface area contributed by atoms with Crippen molar-refractivity contribution in [3.05, 3.63) is 82.6 Å². The van der Waals surface area contributed by atoms with Crippen LogP contribution in [0.1, 0.15) is 29.4 Å². The largest absolute Gasteiger partial charge is 0.457 e. The number of hydrogen-bond acceptors (Lipinski definition) is 5. The summed E-state index contributed by atoms with van der Waals surface area (Å²) in [6, 6.07) is 14.3. The lowest BCUT2D eigenvalue weighted by atomic mass is 10.1. The zero-order chi connectivity index (χ0) is 25.0. The van der Waals surface area contributed by atoms with Crippen LogP contribution >= 0.6 is 11.6 Å². The van der Waals surface area contributed by atoms with Crippen molar-refractivity contribution in [1.82, 2.24) is 15.2 Å². The van der Waals surface area contributed by atoms with E-state index in [4.69, 9.17) is 16.3 Å². The number of carbonyl (C=O) groups is 1. The van der Waals surface area contributed by atoms with Crippen molar-refractivity contribution < 1.29 is 22.7 Å². The summed E-state index contributed by atoms with van der Waals surface area (Å²) in [5, 5.41) is 5.47. The molecule has 1 fully saturated rings. The molecule has 4 rings (SSSR count). The second-order valence-electron chi connectivity index (χ2n) is 8.24. The number of halogens is 4. The number of anilines is 1.